The van der Waals surface area contributed by atoms with Crippen molar-refractivity contribution in [2.75, 3.05) is 12.0 Å². The van der Waals surface area contributed by atoms with Crippen LogP contribution in [0.15, 0.2) is 70.5 Å². The Morgan fingerprint density at radius 1 is 1.08 bits per heavy atom. The molecule has 0 aliphatic rings. The maximum Gasteiger partial charge on any atom is 0.307 e. The van der Waals surface area contributed by atoms with Crippen LogP contribution in [-0.4, -0.2) is 38.1 Å². The molecule has 39 heavy (non-hydrogen) atoms. The van der Waals surface area contributed by atoms with Gasteiger partial charge in [-0.25, -0.2) is 4.68 Å². The Balaban J connectivity index is 1.61. The number of rotatable bonds is 10. The normalized spacial score (nSPS) is 13.7. The molecule has 0 saturated heterocycles. The lowest BCUT2D eigenvalue weighted by Gasteiger charge is -2.37. The molecule has 9 heteroatoms. The third-order valence-electron chi connectivity index (χ3n) is 6.87. The number of aryl methyl sites for hydroxylation is 1. The van der Waals surface area contributed by atoms with E-state index in [4.69, 9.17) is 33.0 Å². The lowest BCUT2D eigenvalue weighted by molar-refractivity contribution is -0.136. The molecule has 0 radical (unpaired) electrons. The second kappa shape index (κ2) is 12.0. The Bertz CT molecular complexity index is 1470. The van der Waals surface area contributed by atoms with Crippen molar-refractivity contribution in [3.05, 3.63) is 93.2 Å². The van der Waals surface area contributed by atoms with E-state index in [0.29, 0.717) is 15.7 Å². The molecule has 0 aliphatic carbocycles. The first kappa shape index (κ1) is 29.0. The molecule has 0 saturated carbocycles. The van der Waals surface area contributed by atoms with Crippen molar-refractivity contribution in [2.24, 2.45) is 0 Å². The standard InChI is InChI=1S/C30H33Cl2N3O3S/c1-6-39(5,23-13-10-21(11-14-23)17-28(36)37)27-15-12-22(16-20(27)4)38-18-26-29(19(2)3)33-34-35(26)30-24(31)8-7-9-25(30)32/h7-16,19H,6,17-18H2,1-5H3,(H,36,37). The van der Waals surface area contributed by atoms with E-state index in [-0.39, 0.29) is 18.9 Å². The fourth-order valence-electron chi connectivity index (χ4n) is 4.67. The van der Waals surface area contributed by atoms with E-state index in [0.717, 1.165) is 34.0 Å². The first-order valence-electron chi connectivity index (χ1n) is 12.7. The second-order valence-corrected chi connectivity index (χ2v) is 14.3. The predicted octanol–water partition coefficient (Wildman–Crippen LogP) is 8.08. The van der Waals surface area contributed by atoms with Gasteiger partial charge in [-0.1, -0.05) is 67.4 Å². The van der Waals surface area contributed by atoms with Crippen molar-refractivity contribution < 1.29 is 14.6 Å². The van der Waals surface area contributed by atoms with E-state index in [9.17, 15) is 4.79 Å². The fourth-order valence-corrected chi connectivity index (χ4v) is 8.00. The molecule has 0 aliphatic heterocycles. The third-order valence-corrected chi connectivity index (χ3v) is 11.4. The van der Waals surface area contributed by atoms with Gasteiger partial charge in [-0.05, 0) is 88.2 Å². The number of aliphatic carboxylic acids is 1. The highest BCUT2D eigenvalue weighted by molar-refractivity contribution is 8.33. The number of hydrogen-bond acceptors (Lipinski definition) is 4. The summed E-state index contributed by atoms with van der Waals surface area (Å²) in [4.78, 5) is 13.6. The van der Waals surface area contributed by atoms with Crippen LogP contribution in [0, 0.1) is 6.92 Å². The number of benzene rings is 3. The van der Waals surface area contributed by atoms with Crippen LogP contribution in [-0.2, 0) is 17.8 Å². The highest BCUT2D eigenvalue weighted by Crippen LogP contribution is 2.60. The summed E-state index contributed by atoms with van der Waals surface area (Å²) < 4.78 is 7.96. The average molecular weight is 587 g/mol. The van der Waals surface area contributed by atoms with Crippen LogP contribution in [0.5, 0.6) is 5.75 Å². The highest BCUT2D eigenvalue weighted by atomic mass is 35.5. The predicted molar refractivity (Wildman–Crippen MR) is 159 cm³/mol. The van der Waals surface area contributed by atoms with Gasteiger partial charge in [0, 0.05) is 0 Å². The van der Waals surface area contributed by atoms with Crippen LogP contribution in [0.3, 0.4) is 0 Å². The largest absolute Gasteiger partial charge is 0.487 e. The number of hydrogen-bond donors (Lipinski definition) is 1. The fraction of sp³-hybridized carbons (Fsp3) is 0.300. The monoisotopic (exact) mass is 585 g/mol. The van der Waals surface area contributed by atoms with Gasteiger partial charge in [0.25, 0.3) is 0 Å². The maximum atomic E-state index is 11.1. The van der Waals surface area contributed by atoms with E-state index in [1.165, 1.54) is 9.79 Å². The molecule has 1 atom stereocenters. The Morgan fingerprint density at radius 2 is 1.74 bits per heavy atom. The SMILES string of the molecule is CCS(C)(c1ccc(CC(=O)O)cc1)c1ccc(OCc2c(C(C)C)nnn2-c2c(Cl)cccc2Cl)cc1C. The van der Waals surface area contributed by atoms with E-state index >= 15 is 0 Å². The highest BCUT2D eigenvalue weighted by Gasteiger charge is 2.25. The van der Waals surface area contributed by atoms with Crippen molar-refractivity contribution in [1.29, 1.82) is 0 Å². The summed E-state index contributed by atoms with van der Waals surface area (Å²) in [6.07, 6.45) is 2.33. The molecular weight excluding hydrogens is 553 g/mol. The zero-order valence-electron chi connectivity index (χ0n) is 22.7. The summed E-state index contributed by atoms with van der Waals surface area (Å²) >= 11 is 13.0. The van der Waals surface area contributed by atoms with Crippen molar-refractivity contribution >= 4 is 39.2 Å². The van der Waals surface area contributed by atoms with E-state index < -0.39 is 16.0 Å². The van der Waals surface area contributed by atoms with Gasteiger partial charge in [0.2, 0.25) is 0 Å². The minimum absolute atomic E-state index is 0.0269. The molecule has 4 rings (SSSR count). The summed E-state index contributed by atoms with van der Waals surface area (Å²) in [6, 6.07) is 19.6. The molecule has 0 spiro atoms. The number of carboxylic acids is 1. The van der Waals surface area contributed by atoms with Crippen LogP contribution in [0.2, 0.25) is 10.0 Å². The quantitative estimate of drug-likeness (QED) is 0.203. The van der Waals surface area contributed by atoms with Gasteiger partial charge >= 0.3 is 5.97 Å². The molecule has 0 fully saturated rings. The molecule has 1 N–H and O–H groups in total. The van der Waals surface area contributed by atoms with Gasteiger partial charge in [0.1, 0.15) is 23.7 Å². The lowest BCUT2D eigenvalue weighted by atomic mass is 10.1. The first-order valence-corrected chi connectivity index (χ1v) is 15.7. The van der Waals surface area contributed by atoms with Crippen LogP contribution in [0.25, 0.3) is 5.69 Å². The smallest absolute Gasteiger partial charge is 0.307 e. The van der Waals surface area contributed by atoms with Crippen LogP contribution in [0.1, 0.15) is 49.2 Å². The molecule has 3 aromatic carbocycles. The van der Waals surface area contributed by atoms with Crippen LogP contribution >= 0.6 is 33.2 Å². The molecule has 1 aromatic heterocycles. The van der Waals surface area contributed by atoms with Crippen molar-refractivity contribution in [3.8, 4) is 11.4 Å². The van der Waals surface area contributed by atoms with Gasteiger partial charge in [0.15, 0.2) is 0 Å². The third kappa shape index (κ3) is 6.11. The van der Waals surface area contributed by atoms with Crippen LogP contribution < -0.4 is 4.74 Å². The summed E-state index contributed by atoms with van der Waals surface area (Å²) in [5.74, 6) is 1.03. The minimum Gasteiger partial charge on any atom is -0.487 e. The van der Waals surface area contributed by atoms with Crippen molar-refractivity contribution in [2.45, 2.75) is 56.4 Å². The van der Waals surface area contributed by atoms with Crippen LogP contribution in [0.4, 0.5) is 0 Å². The molecule has 4 aromatic rings. The van der Waals surface area contributed by atoms with Gasteiger partial charge < -0.3 is 9.84 Å². The van der Waals surface area contributed by atoms with E-state index in [1.54, 1.807) is 22.9 Å². The Morgan fingerprint density at radius 3 is 2.31 bits per heavy atom. The number of halogens is 2. The number of aromatic nitrogens is 3. The molecule has 206 valence electrons. The van der Waals surface area contributed by atoms with Gasteiger partial charge in [-0.3, -0.25) is 4.79 Å². The zero-order chi connectivity index (χ0) is 28.3. The molecule has 1 heterocycles. The number of ether oxygens (including phenoxy) is 1. The molecule has 1 unspecified atom stereocenters. The number of para-hydroxylation sites is 1. The van der Waals surface area contributed by atoms with Crippen molar-refractivity contribution in [1.82, 2.24) is 15.0 Å². The zero-order valence-corrected chi connectivity index (χ0v) is 25.1. The Kier molecular flexibility index (Phi) is 8.94. The first-order chi connectivity index (χ1) is 18.5. The van der Waals surface area contributed by atoms with Gasteiger partial charge in [0.05, 0.1) is 22.2 Å². The second-order valence-electron chi connectivity index (χ2n) is 9.86. The summed E-state index contributed by atoms with van der Waals surface area (Å²) in [5.41, 5.74) is 4.16. The summed E-state index contributed by atoms with van der Waals surface area (Å²) in [6.45, 7) is 8.69. The molecule has 0 amide bonds. The summed E-state index contributed by atoms with van der Waals surface area (Å²) in [5, 5.41) is 18.8. The molecule has 0 bridgehead atoms. The van der Waals surface area contributed by atoms with Gasteiger partial charge in [-0.2, -0.15) is 10.0 Å². The molecule has 6 nitrogen and oxygen atoms in total. The maximum absolute atomic E-state index is 11.1. The molecular formula is C30H33Cl2N3O3S. The van der Waals surface area contributed by atoms with E-state index in [1.807, 2.05) is 18.2 Å². The number of carbonyl (C=O) groups is 1. The number of carboxylic acid groups (broad SMARTS) is 1. The Hall–Kier alpha value is -3.00. The van der Waals surface area contributed by atoms with Gasteiger partial charge in [-0.15, -0.1) is 5.10 Å². The van der Waals surface area contributed by atoms with Crippen molar-refractivity contribution in [3.63, 3.8) is 0 Å². The lowest BCUT2D eigenvalue weighted by Crippen LogP contribution is -2.10. The topological polar surface area (TPSA) is 77.2 Å². The Labute approximate surface area is 241 Å². The summed E-state index contributed by atoms with van der Waals surface area (Å²) in [7, 11) is -1.31. The average Bonchev–Trinajstić information content (AvgIpc) is 3.31. The number of nitrogens with zero attached hydrogens (tertiary/aromatic N) is 3. The van der Waals surface area contributed by atoms with E-state index in [2.05, 4.69) is 68.5 Å². The minimum atomic E-state index is -1.31.